The number of carboxylic acids is 2. The van der Waals surface area contributed by atoms with E-state index in [0.29, 0.717) is 19.3 Å². The van der Waals surface area contributed by atoms with Crippen molar-refractivity contribution in [2.75, 3.05) is 0 Å². The minimum Gasteiger partial charge on any atom is -0.480 e. The molecule has 4 heteroatoms. The van der Waals surface area contributed by atoms with Crippen LogP contribution in [0.15, 0.2) is 0 Å². The van der Waals surface area contributed by atoms with Gasteiger partial charge in [0, 0.05) is 0 Å². The fourth-order valence-corrected chi connectivity index (χ4v) is 2.69. The molecule has 0 atom stereocenters. The van der Waals surface area contributed by atoms with E-state index in [9.17, 15) is 9.59 Å². The van der Waals surface area contributed by atoms with Gasteiger partial charge >= 0.3 is 11.9 Å². The van der Waals surface area contributed by atoms with Crippen LogP contribution in [-0.2, 0) is 9.59 Å². The molecular formula is C10H16O4. The average molecular weight is 200 g/mol. The summed E-state index contributed by atoms with van der Waals surface area (Å²) in [4.78, 5) is 22.2. The molecule has 1 aliphatic rings. The molecule has 0 heterocycles. The Labute approximate surface area is 82.9 Å². The van der Waals surface area contributed by atoms with E-state index in [1.807, 2.05) is 13.8 Å². The first kappa shape index (κ1) is 11.0. The van der Waals surface area contributed by atoms with Gasteiger partial charge in [-0.2, -0.15) is 0 Å². The molecule has 1 rings (SSSR count). The lowest BCUT2D eigenvalue weighted by atomic mass is 9.47. The molecular weight excluding hydrogens is 184 g/mol. The van der Waals surface area contributed by atoms with Crippen LogP contribution in [0.25, 0.3) is 0 Å². The standard InChI is InChI=1S/C10H16O4/c1-3-9(4-2)5-6-10(9,7(11)12)8(13)14/h3-6H2,1-2H3,(H,11,12)(H,13,14). The van der Waals surface area contributed by atoms with Gasteiger partial charge in [0.15, 0.2) is 5.41 Å². The summed E-state index contributed by atoms with van der Waals surface area (Å²) in [6, 6.07) is 0. The van der Waals surface area contributed by atoms with Crippen LogP contribution in [0.5, 0.6) is 0 Å². The van der Waals surface area contributed by atoms with Gasteiger partial charge in [0.2, 0.25) is 0 Å². The van der Waals surface area contributed by atoms with Crippen LogP contribution in [0, 0.1) is 10.8 Å². The van der Waals surface area contributed by atoms with Crippen LogP contribution >= 0.6 is 0 Å². The van der Waals surface area contributed by atoms with Gasteiger partial charge in [-0.1, -0.05) is 13.8 Å². The summed E-state index contributed by atoms with van der Waals surface area (Å²) < 4.78 is 0. The summed E-state index contributed by atoms with van der Waals surface area (Å²) >= 11 is 0. The SMILES string of the molecule is CCC1(CC)CCC1(C(=O)O)C(=O)O. The molecule has 1 aliphatic carbocycles. The van der Waals surface area contributed by atoms with Crippen molar-refractivity contribution >= 4 is 11.9 Å². The van der Waals surface area contributed by atoms with Crippen LogP contribution in [-0.4, -0.2) is 22.2 Å². The molecule has 0 saturated heterocycles. The third-order valence-electron chi connectivity index (χ3n) is 3.97. The highest BCUT2D eigenvalue weighted by molar-refractivity contribution is 6.00. The van der Waals surface area contributed by atoms with Gasteiger partial charge in [0.05, 0.1) is 0 Å². The lowest BCUT2D eigenvalue weighted by Crippen LogP contribution is -2.60. The summed E-state index contributed by atoms with van der Waals surface area (Å²) in [5, 5.41) is 18.1. The third kappa shape index (κ3) is 0.996. The number of rotatable bonds is 4. The molecule has 80 valence electrons. The first-order valence-corrected chi connectivity index (χ1v) is 4.93. The Kier molecular flexibility index (Phi) is 2.56. The Morgan fingerprint density at radius 2 is 1.50 bits per heavy atom. The molecule has 0 amide bonds. The third-order valence-corrected chi connectivity index (χ3v) is 3.97. The van der Waals surface area contributed by atoms with Gasteiger partial charge in [-0.25, -0.2) is 0 Å². The van der Waals surface area contributed by atoms with E-state index >= 15 is 0 Å². The Morgan fingerprint density at radius 3 is 1.57 bits per heavy atom. The van der Waals surface area contributed by atoms with Crippen molar-refractivity contribution in [2.45, 2.75) is 39.5 Å². The fourth-order valence-electron chi connectivity index (χ4n) is 2.69. The zero-order valence-corrected chi connectivity index (χ0v) is 8.54. The maximum Gasteiger partial charge on any atom is 0.321 e. The quantitative estimate of drug-likeness (QED) is 0.678. The van der Waals surface area contributed by atoms with Gasteiger partial charge < -0.3 is 10.2 Å². The van der Waals surface area contributed by atoms with E-state index in [-0.39, 0.29) is 6.42 Å². The Bertz CT molecular complexity index is 246. The molecule has 0 aromatic carbocycles. The lowest BCUT2D eigenvalue weighted by molar-refractivity contribution is -0.194. The zero-order chi connectivity index (χ0) is 11.0. The topological polar surface area (TPSA) is 74.6 Å². The monoisotopic (exact) mass is 200 g/mol. The molecule has 14 heavy (non-hydrogen) atoms. The second-order valence-electron chi connectivity index (χ2n) is 4.00. The lowest BCUT2D eigenvalue weighted by Gasteiger charge is -2.53. The normalized spacial score (nSPS) is 22.4. The van der Waals surface area contributed by atoms with Crippen molar-refractivity contribution < 1.29 is 19.8 Å². The number of hydrogen-bond acceptors (Lipinski definition) is 2. The molecule has 0 radical (unpaired) electrons. The summed E-state index contributed by atoms with van der Waals surface area (Å²) in [6.45, 7) is 3.73. The molecule has 1 fully saturated rings. The number of hydrogen-bond donors (Lipinski definition) is 2. The van der Waals surface area contributed by atoms with Gasteiger partial charge in [0.1, 0.15) is 0 Å². The van der Waals surface area contributed by atoms with E-state index in [2.05, 4.69) is 0 Å². The van der Waals surface area contributed by atoms with E-state index in [1.165, 1.54) is 0 Å². The first-order valence-electron chi connectivity index (χ1n) is 4.93. The van der Waals surface area contributed by atoms with Crippen molar-refractivity contribution in [3.8, 4) is 0 Å². The Hall–Kier alpha value is -1.06. The summed E-state index contributed by atoms with van der Waals surface area (Å²) in [6.07, 6.45) is 2.20. The van der Waals surface area contributed by atoms with Gasteiger partial charge in [-0.3, -0.25) is 9.59 Å². The van der Waals surface area contributed by atoms with Crippen molar-refractivity contribution in [2.24, 2.45) is 10.8 Å². The number of carboxylic acid groups (broad SMARTS) is 2. The molecule has 0 bridgehead atoms. The maximum absolute atomic E-state index is 11.1. The summed E-state index contributed by atoms with van der Waals surface area (Å²) in [5.74, 6) is -2.36. The van der Waals surface area contributed by atoms with E-state index < -0.39 is 22.8 Å². The largest absolute Gasteiger partial charge is 0.480 e. The first-order chi connectivity index (χ1) is 6.47. The smallest absolute Gasteiger partial charge is 0.321 e. The molecule has 0 aromatic rings. The number of aliphatic carboxylic acids is 2. The minimum atomic E-state index is -1.53. The molecule has 0 unspecified atom stereocenters. The molecule has 0 aromatic heterocycles. The summed E-state index contributed by atoms with van der Waals surface area (Å²) in [5.41, 5.74) is -2.07. The van der Waals surface area contributed by atoms with Crippen molar-refractivity contribution in [3.63, 3.8) is 0 Å². The van der Waals surface area contributed by atoms with Gasteiger partial charge in [-0.05, 0) is 31.1 Å². The Morgan fingerprint density at radius 1 is 1.07 bits per heavy atom. The van der Waals surface area contributed by atoms with Crippen LogP contribution in [0.2, 0.25) is 0 Å². The van der Waals surface area contributed by atoms with E-state index in [1.54, 1.807) is 0 Å². The highest BCUT2D eigenvalue weighted by atomic mass is 16.4. The summed E-state index contributed by atoms with van der Waals surface area (Å²) in [7, 11) is 0. The van der Waals surface area contributed by atoms with Crippen molar-refractivity contribution in [1.82, 2.24) is 0 Å². The highest BCUT2D eigenvalue weighted by Gasteiger charge is 2.67. The Balaban J connectivity index is 3.13. The minimum absolute atomic E-state index is 0.263. The van der Waals surface area contributed by atoms with E-state index in [4.69, 9.17) is 10.2 Å². The molecule has 0 aliphatic heterocycles. The van der Waals surface area contributed by atoms with Crippen molar-refractivity contribution in [1.29, 1.82) is 0 Å². The maximum atomic E-state index is 11.1. The molecule has 0 spiro atoms. The highest BCUT2D eigenvalue weighted by Crippen LogP contribution is 2.61. The van der Waals surface area contributed by atoms with Crippen LogP contribution < -0.4 is 0 Å². The predicted molar refractivity (Wildman–Crippen MR) is 50.0 cm³/mol. The fraction of sp³-hybridized carbons (Fsp3) is 0.800. The molecule has 4 nitrogen and oxygen atoms in total. The molecule has 2 N–H and O–H groups in total. The predicted octanol–water partition coefficient (Wildman–Crippen LogP) is 1.74. The van der Waals surface area contributed by atoms with Crippen molar-refractivity contribution in [3.05, 3.63) is 0 Å². The average Bonchev–Trinajstić information content (AvgIpc) is 2.04. The second-order valence-corrected chi connectivity index (χ2v) is 4.00. The van der Waals surface area contributed by atoms with E-state index in [0.717, 1.165) is 0 Å². The van der Waals surface area contributed by atoms with Gasteiger partial charge in [0.25, 0.3) is 0 Å². The van der Waals surface area contributed by atoms with Crippen LogP contribution in [0.1, 0.15) is 39.5 Å². The van der Waals surface area contributed by atoms with Crippen LogP contribution in [0.4, 0.5) is 0 Å². The van der Waals surface area contributed by atoms with Crippen LogP contribution in [0.3, 0.4) is 0 Å². The second kappa shape index (κ2) is 3.26. The molecule has 1 saturated carbocycles. The number of carbonyl (C=O) groups is 2. The zero-order valence-electron chi connectivity index (χ0n) is 8.54. The van der Waals surface area contributed by atoms with Gasteiger partial charge in [-0.15, -0.1) is 0 Å².